The van der Waals surface area contributed by atoms with E-state index < -0.39 is 0 Å². The number of rotatable bonds is 5. The van der Waals surface area contributed by atoms with E-state index in [1.54, 1.807) is 7.11 Å². The highest BCUT2D eigenvalue weighted by Crippen LogP contribution is 2.14. The number of anilines is 1. The maximum Gasteiger partial charge on any atom is 0.226 e. The number of thiocarbonyl (C=S) groups is 1. The minimum absolute atomic E-state index is 0.0529. The summed E-state index contributed by atoms with van der Waals surface area (Å²) >= 11 is 5.05. The molecule has 1 rings (SSSR count). The van der Waals surface area contributed by atoms with Gasteiger partial charge in [0.1, 0.15) is 5.75 Å². The summed E-state index contributed by atoms with van der Waals surface area (Å²) in [6.07, 6.45) is 2.37. The van der Waals surface area contributed by atoms with Crippen LogP contribution in [0.2, 0.25) is 0 Å². The zero-order valence-electron chi connectivity index (χ0n) is 10.7. The Morgan fingerprint density at radius 3 is 2.56 bits per heavy atom. The smallest absolute Gasteiger partial charge is 0.226 e. The average molecular weight is 266 g/mol. The Labute approximate surface area is 113 Å². The zero-order chi connectivity index (χ0) is 13.4. The normalized spacial score (nSPS) is 9.67. The third-order valence-corrected chi connectivity index (χ3v) is 2.56. The molecule has 0 saturated heterocycles. The van der Waals surface area contributed by atoms with Crippen molar-refractivity contribution >= 4 is 28.9 Å². The Kier molecular flexibility index (Phi) is 6.14. The van der Waals surface area contributed by atoms with Crippen LogP contribution in [0.1, 0.15) is 26.2 Å². The topological polar surface area (TPSA) is 50.4 Å². The summed E-state index contributed by atoms with van der Waals surface area (Å²) in [5.74, 6) is 0.723. The van der Waals surface area contributed by atoms with Gasteiger partial charge >= 0.3 is 0 Å². The second kappa shape index (κ2) is 7.66. The molecular formula is C13H18N2O2S. The number of hydrogen-bond donors (Lipinski definition) is 2. The average Bonchev–Trinajstić information content (AvgIpc) is 2.37. The summed E-state index contributed by atoms with van der Waals surface area (Å²) in [5, 5.41) is 5.91. The van der Waals surface area contributed by atoms with E-state index in [1.165, 1.54) is 0 Å². The summed E-state index contributed by atoms with van der Waals surface area (Å²) in [6.45, 7) is 2.04. The number of methoxy groups -OCH3 is 1. The molecule has 1 aromatic rings. The van der Waals surface area contributed by atoms with E-state index in [2.05, 4.69) is 10.6 Å². The number of amides is 1. The van der Waals surface area contributed by atoms with Gasteiger partial charge in [-0.1, -0.05) is 13.3 Å². The van der Waals surface area contributed by atoms with Crippen molar-refractivity contribution < 1.29 is 9.53 Å². The molecule has 0 aliphatic heterocycles. The second-order valence-corrected chi connectivity index (χ2v) is 4.24. The van der Waals surface area contributed by atoms with Gasteiger partial charge in [-0.3, -0.25) is 4.79 Å². The van der Waals surface area contributed by atoms with Crippen molar-refractivity contribution in [3.8, 4) is 5.75 Å². The summed E-state index contributed by atoms with van der Waals surface area (Å²) in [4.78, 5) is 11.4. The van der Waals surface area contributed by atoms with Crippen LogP contribution in [0, 0.1) is 0 Å². The summed E-state index contributed by atoms with van der Waals surface area (Å²) in [7, 11) is 1.61. The van der Waals surface area contributed by atoms with Gasteiger partial charge in [0, 0.05) is 12.1 Å². The highest BCUT2D eigenvalue weighted by molar-refractivity contribution is 7.80. The minimum atomic E-state index is -0.0529. The molecule has 0 spiro atoms. The fraction of sp³-hybridized carbons (Fsp3) is 0.385. The Hall–Kier alpha value is -1.62. The Balaban J connectivity index is 2.41. The monoisotopic (exact) mass is 266 g/mol. The van der Waals surface area contributed by atoms with Crippen LogP contribution in [0.4, 0.5) is 5.69 Å². The summed E-state index contributed by atoms with van der Waals surface area (Å²) in [5.41, 5.74) is 0.816. The van der Waals surface area contributed by atoms with Crippen molar-refractivity contribution in [2.45, 2.75) is 26.2 Å². The van der Waals surface area contributed by atoms with Crippen molar-refractivity contribution in [3.63, 3.8) is 0 Å². The highest BCUT2D eigenvalue weighted by Gasteiger charge is 2.04. The molecule has 0 fully saturated rings. The number of carbonyl (C=O) groups excluding carboxylic acids is 1. The van der Waals surface area contributed by atoms with E-state index in [0.29, 0.717) is 11.5 Å². The molecule has 98 valence electrons. The van der Waals surface area contributed by atoms with Gasteiger partial charge in [-0.2, -0.15) is 0 Å². The Bertz CT molecular complexity index is 404. The largest absolute Gasteiger partial charge is 0.497 e. The lowest BCUT2D eigenvalue weighted by Crippen LogP contribution is -2.33. The van der Waals surface area contributed by atoms with Crippen LogP contribution in [0.15, 0.2) is 24.3 Å². The third-order valence-electron chi connectivity index (χ3n) is 2.36. The molecule has 0 atom stereocenters. The summed E-state index contributed by atoms with van der Waals surface area (Å²) in [6, 6.07) is 7.32. The van der Waals surface area contributed by atoms with Gasteiger partial charge in [0.05, 0.1) is 7.11 Å². The van der Waals surface area contributed by atoms with Crippen LogP contribution in [0.5, 0.6) is 5.75 Å². The molecule has 1 amide bonds. The van der Waals surface area contributed by atoms with E-state index in [9.17, 15) is 4.79 Å². The molecule has 5 heteroatoms. The number of nitrogens with one attached hydrogen (secondary N) is 2. The van der Waals surface area contributed by atoms with Crippen LogP contribution in [0.25, 0.3) is 0 Å². The van der Waals surface area contributed by atoms with Crippen molar-refractivity contribution in [1.29, 1.82) is 0 Å². The van der Waals surface area contributed by atoms with Gasteiger partial charge in [-0.25, -0.2) is 0 Å². The molecule has 0 radical (unpaired) electrons. The number of hydrogen-bond acceptors (Lipinski definition) is 3. The zero-order valence-corrected chi connectivity index (χ0v) is 11.5. The lowest BCUT2D eigenvalue weighted by Gasteiger charge is -2.09. The molecule has 0 heterocycles. The third kappa shape index (κ3) is 5.14. The van der Waals surface area contributed by atoms with E-state index in [0.717, 1.165) is 24.3 Å². The van der Waals surface area contributed by atoms with Gasteiger partial charge < -0.3 is 15.4 Å². The lowest BCUT2D eigenvalue weighted by molar-refractivity contribution is -0.119. The molecule has 2 N–H and O–H groups in total. The molecule has 0 saturated carbocycles. The molecule has 0 aliphatic carbocycles. The maximum atomic E-state index is 11.4. The van der Waals surface area contributed by atoms with Crippen molar-refractivity contribution in [2.24, 2.45) is 0 Å². The van der Waals surface area contributed by atoms with Crippen molar-refractivity contribution in [2.75, 3.05) is 12.4 Å². The van der Waals surface area contributed by atoms with E-state index in [4.69, 9.17) is 17.0 Å². The molecular weight excluding hydrogens is 248 g/mol. The first-order valence-corrected chi connectivity index (χ1v) is 6.31. The van der Waals surface area contributed by atoms with Crippen molar-refractivity contribution in [3.05, 3.63) is 24.3 Å². The van der Waals surface area contributed by atoms with Gasteiger partial charge in [0.2, 0.25) is 5.91 Å². The first-order valence-electron chi connectivity index (χ1n) is 5.90. The van der Waals surface area contributed by atoms with Gasteiger partial charge in [-0.15, -0.1) is 0 Å². The molecule has 18 heavy (non-hydrogen) atoms. The lowest BCUT2D eigenvalue weighted by atomic mass is 10.2. The van der Waals surface area contributed by atoms with Gasteiger partial charge in [0.15, 0.2) is 5.11 Å². The van der Waals surface area contributed by atoms with E-state index >= 15 is 0 Å². The SMILES string of the molecule is CCCCC(=O)NC(=S)Nc1ccc(OC)cc1. The standard InChI is InChI=1S/C13H18N2O2S/c1-3-4-5-12(16)15-13(18)14-10-6-8-11(17-2)9-7-10/h6-9H,3-5H2,1-2H3,(H2,14,15,16,18). The molecule has 0 bridgehead atoms. The maximum absolute atomic E-state index is 11.4. The van der Waals surface area contributed by atoms with Crippen LogP contribution < -0.4 is 15.4 Å². The fourth-order valence-electron chi connectivity index (χ4n) is 1.36. The number of unbranched alkanes of at least 4 members (excludes halogenated alkanes) is 1. The van der Waals surface area contributed by atoms with Crippen LogP contribution in [-0.4, -0.2) is 18.1 Å². The van der Waals surface area contributed by atoms with E-state index in [1.807, 2.05) is 31.2 Å². The van der Waals surface area contributed by atoms with Crippen LogP contribution in [-0.2, 0) is 4.79 Å². The predicted molar refractivity (Wildman–Crippen MR) is 76.9 cm³/mol. The first-order chi connectivity index (χ1) is 8.65. The van der Waals surface area contributed by atoms with Gasteiger partial charge in [0.25, 0.3) is 0 Å². The highest BCUT2D eigenvalue weighted by atomic mass is 32.1. The molecule has 0 aliphatic rings. The summed E-state index contributed by atoms with van der Waals surface area (Å²) < 4.78 is 5.05. The van der Waals surface area contributed by atoms with Crippen molar-refractivity contribution in [1.82, 2.24) is 5.32 Å². The Morgan fingerprint density at radius 2 is 2.00 bits per heavy atom. The van der Waals surface area contributed by atoms with E-state index in [-0.39, 0.29) is 5.91 Å². The minimum Gasteiger partial charge on any atom is -0.497 e. The molecule has 0 unspecified atom stereocenters. The molecule has 1 aromatic carbocycles. The first kappa shape index (κ1) is 14.4. The second-order valence-electron chi connectivity index (χ2n) is 3.83. The van der Waals surface area contributed by atoms with Gasteiger partial charge in [-0.05, 0) is 42.9 Å². The number of carbonyl (C=O) groups is 1. The Morgan fingerprint density at radius 1 is 1.33 bits per heavy atom. The quantitative estimate of drug-likeness (QED) is 0.805. The predicted octanol–water partition coefficient (Wildman–Crippen LogP) is 2.70. The molecule has 4 nitrogen and oxygen atoms in total. The number of ether oxygens (including phenoxy) is 1. The van der Waals surface area contributed by atoms with Crippen LogP contribution >= 0.6 is 12.2 Å². The number of benzene rings is 1. The van der Waals surface area contributed by atoms with Crippen LogP contribution in [0.3, 0.4) is 0 Å². The molecule has 0 aromatic heterocycles. The fourth-order valence-corrected chi connectivity index (χ4v) is 1.59.